The number of benzene rings is 2. The van der Waals surface area contributed by atoms with Crippen LogP contribution < -0.4 is 10.7 Å². The van der Waals surface area contributed by atoms with Crippen molar-refractivity contribution in [3.05, 3.63) is 92.1 Å². The number of hydrogen-bond acceptors (Lipinski definition) is 5. The molecule has 0 aliphatic rings. The molecule has 0 radical (unpaired) electrons. The van der Waals surface area contributed by atoms with E-state index in [2.05, 4.69) is 10.4 Å². The van der Waals surface area contributed by atoms with Gasteiger partial charge in [-0.3, -0.25) is 19.7 Å². The number of anilines is 1. The van der Waals surface area contributed by atoms with E-state index < -0.39 is 27.8 Å². The third-order valence-corrected chi connectivity index (χ3v) is 3.72. The molecule has 2 aromatic carbocycles. The standard InChI is InChI=1S/C18H13FN4O4/c1-11-9-16(24)17(21-22(11)15-8-3-2-7-14(15)19)18(25)20-12-5-4-6-13(10-12)23(26)27/h2-10H,1H3,(H,20,25). The number of hydrogen-bond donors (Lipinski definition) is 1. The van der Waals surface area contributed by atoms with E-state index in [0.29, 0.717) is 5.69 Å². The molecule has 27 heavy (non-hydrogen) atoms. The molecule has 0 saturated carbocycles. The Hall–Kier alpha value is -3.88. The molecular formula is C18H13FN4O4. The van der Waals surface area contributed by atoms with E-state index in [1.165, 1.54) is 42.5 Å². The van der Waals surface area contributed by atoms with Gasteiger partial charge in [-0.15, -0.1) is 0 Å². The fourth-order valence-electron chi connectivity index (χ4n) is 2.46. The van der Waals surface area contributed by atoms with E-state index in [1.807, 2.05) is 0 Å². The van der Waals surface area contributed by atoms with Crippen LogP contribution in [0, 0.1) is 22.9 Å². The van der Waals surface area contributed by atoms with Gasteiger partial charge in [-0.1, -0.05) is 18.2 Å². The van der Waals surface area contributed by atoms with Crippen LogP contribution in [-0.2, 0) is 0 Å². The number of carbonyl (C=O) groups is 1. The van der Waals surface area contributed by atoms with Crippen molar-refractivity contribution in [1.29, 1.82) is 0 Å². The number of rotatable bonds is 4. The van der Waals surface area contributed by atoms with Gasteiger partial charge in [-0.25, -0.2) is 9.07 Å². The zero-order valence-electron chi connectivity index (χ0n) is 14.0. The highest BCUT2D eigenvalue weighted by Gasteiger charge is 2.17. The second-order valence-electron chi connectivity index (χ2n) is 5.62. The zero-order chi connectivity index (χ0) is 19.6. The molecule has 0 saturated heterocycles. The van der Waals surface area contributed by atoms with Gasteiger partial charge in [0.2, 0.25) is 5.43 Å². The summed E-state index contributed by atoms with van der Waals surface area (Å²) in [4.78, 5) is 34.8. The molecule has 0 aliphatic carbocycles. The molecule has 3 aromatic rings. The third kappa shape index (κ3) is 3.71. The van der Waals surface area contributed by atoms with Crippen LogP contribution in [0.5, 0.6) is 0 Å². The zero-order valence-corrected chi connectivity index (χ0v) is 14.0. The van der Waals surface area contributed by atoms with E-state index in [-0.39, 0.29) is 17.1 Å². The number of aryl methyl sites for hydroxylation is 1. The Labute approximate surface area is 152 Å². The third-order valence-electron chi connectivity index (χ3n) is 3.72. The van der Waals surface area contributed by atoms with Crippen molar-refractivity contribution in [3.63, 3.8) is 0 Å². The molecule has 0 fully saturated rings. The summed E-state index contributed by atoms with van der Waals surface area (Å²) in [5, 5.41) is 17.2. The molecular weight excluding hydrogens is 355 g/mol. The predicted molar refractivity (Wildman–Crippen MR) is 95.6 cm³/mol. The molecule has 1 heterocycles. The van der Waals surface area contributed by atoms with E-state index in [4.69, 9.17) is 0 Å². The number of non-ortho nitro benzene ring substituents is 1. The number of nitro benzene ring substituents is 1. The number of aromatic nitrogens is 2. The number of para-hydroxylation sites is 1. The second kappa shape index (κ2) is 7.16. The summed E-state index contributed by atoms with van der Waals surface area (Å²) < 4.78 is 15.2. The molecule has 136 valence electrons. The molecule has 1 amide bonds. The molecule has 0 atom stereocenters. The lowest BCUT2D eigenvalue weighted by molar-refractivity contribution is -0.384. The van der Waals surface area contributed by atoms with Gasteiger partial charge in [0, 0.05) is 29.6 Å². The van der Waals surface area contributed by atoms with Gasteiger partial charge in [0.1, 0.15) is 11.5 Å². The van der Waals surface area contributed by atoms with Crippen LogP contribution in [0.1, 0.15) is 16.2 Å². The maximum absolute atomic E-state index is 14.1. The monoisotopic (exact) mass is 368 g/mol. The molecule has 0 bridgehead atoms. The number of nitrogens with one attached hydrogen (secondary N) is 1. The Morgan fingerprint density at radius 1 is 1.19 bits per heavy atom. The first kappa shape index (κ1) is 17.9. The van der Waals surface area contributed by atoms with Crippen LogP contribution in [0.15, 0.2) is 59.4 Å². The van der Waals surface area contributed by atoms with Crippen molar-refractivity contribution in [2.75, 3.05) is 5.32 Å². The highest BCUT2D eigenvalue weighted by atomic mass is 19.1. The van der Waals surface area contributed by atoms with Crippen molar-refractivity contribution in [3.8, 4) is 5.69 Å². The fraction of sp³-hybridized carbons (Fsp3) is 0.0556. The van der Waals surface area contributed by atoms with E-state index in [9.17, 15) is 24.1 Å². The summed E-state index contributed by atoms with van der Waals surface area (Å²) in [6.07, 6.45) is 0. The van der Waals surface area contributed by atoms with Crippen LogP contribution in [0.3, 0.4) is 0 Å². The van der Waals surface area contributed by atoms with Gasteiger partial charge in [-0.05, 0) is 25.1 Å². The Kier molecular flexibility index (Phi) is 4.75. The van der Waals surface area contributed by atoms with Crippen molar-refractivity contribution in [2.45, 2.75) is 6.92 Å². The molecule has 0 spiro atoms. The molecule has 1 aromatic heterocycles. The van der Waals surface area contributed by atoms with Gasteiger partial charge in [-0.2, -0.15) is 5.10 Å². The minimum absolute atomic E-state index is 0.0828. The Balaban J connectivity index is 1.99. The van der Waals surface area contributed by atoms with Crippen molar-refractivity contribution in [2.24, 2.45) is 0 Å². The lowest BCUT2D eigenvalue weighted by Gasteiger charge is -2.12. The minimum atomic E-state index is -0.856. The highest BCUT2D eigenvalue weighted by molar-refractivity contribution is 6.02. The summed E-state index contributed by atoms with van der Waals surface area (Å²) in [6, 6.07) is 12.2. The molecule has 8 nitrogen and oxygen atoms in total. The Bertz CT molecular complexity index is 1110. The molecule has 9 heteroatoms. The second-order valence-corrected chi connectivity index (χ2v) is 5.62. The highest BCUT2D eigenvalue weighted by Crippen LogP contribution is 2.18. The average Bonchev–Trinajstić information content (AvgIpc) is 2.63. The number of carbonyl (C=O) groups excluding carboxylic acids is 1. The number of amides is 1. The van der Waals surface area contributed by atoms with Crippen molar-refractivity contribution in [1.82, 2.24) is 9.78 Å². The number of nitro groups is 1. The topological polar surface area (TPSA) is 107 Å². The lowest BCUT2D eigenvalue weighted by atomic mass is 10.2. The van der Waals surface area contributed by atoms with E-state index in [0.717, 1.165) is 10.7 Å². The Morgan fingerprint density at radius 3 is 2.63 bits per heavy atom. The largest absolute Gasteiger partial charge is 0.320 e. The van der Waals surface area contributed by atoms with Gasteiger partial charge < -0.3 is 5.32 Å². The van der Waals surface area contributed by atoms with Crippen LogP contribution >= 0.6 is 0 Å². The molecule has 3 rings (SSSR count). The normalized spacial score (nSPS) is 10.4. The van der Waals surface area contributed by atoms with E-state index >= 15 is 0 Å². The van der Waals surface area contributed by atoms with Gasteiger partial charge in [0.25, 0.3) is 11.6 Å². The molecule has 0 unspecified atom stereocenters. The van der Waals surface area contributed by atoms with Gasteiger partial charge in [0.05, 0.1) is 4.92 Å². The number of halogens is 1. The van der Waals surface area contributed by atoms with Crippen LogP contribution in [0.2, 0.25) is 0 Å². The average molecular weight is 368 g/mol. The van der Waals surface area contributed by atoms with Crippen LogP contribution in [0.4, 0.5) is 15.8 Å². The van der Waals surface area contributed by atoms with Crippen LogP contribution in [-0.4, -0.2) is 20.6 Å². The maximum atomic E-state index is 14.1. The van der Waals surface area contributed by atoms with E-state index in [1.54, 1.807) is 13.0 Å². The van der Waals surface area contributed by atoms with Crippen molar-refractivity contribution < 1.29 is 14.1 Å². The maximum Gasteiger partial charge on any atom is 0.280 e. The summed E-state index contributed by atoms with van der Waals surface area (Å²) in [5.41, 5.74) is -0.767. The first-order chi connectivity index (χ1) is 12.9. The quantitative estimate of drug-likeness (QED) is 0.563. The molecule has 1 N–H and O–H groups in total. The van der Waals surface area contributed by atoms with Crippen LogP contribution in [0.25, 0.3) is 5.69 Å². The SMILES string of the molecule is Cc1cc(=O)c(C(=O)Nc2cccc([N+](=O)[O-])c2)nn1-c1ccccc1F. The minimum Gasteiger partial charge on any atom is -0.320 e. The summed E-state index contributed by atoms with van der Waals surface area (Å²) >= 11 is 0. The smallest absolute Gasteiger partial charge is 0.280 e. The summed E-state index contributed by atoms with van der Waals surface area (Å²) in [6.45, 7) is 1.56. The lowest BCUT2D eigenvalue weighted by Crippen LogP contribution is -2.27. The first-order valence-corrected chi connectivity index (χ1v) is 7.78. The molecule has 0 aliphatic heterocycles. The summed E-state index contributed by atoms with van der Waals surface area (Å²) in [7, 11) is 0. The van der Waals surface area contributed by atoms with Gasteiger partial charge >= 0.3 is 0 Å². The predicted octanol–water partition coefficient (Wildman–Crippen LogP) is 2.84. The van der Waals surface area contributed by atoms with Gasteiger partial charge in [0.15, 0.2) is 5.69 Å². The fourth-order valence-corrected chi connectivity index (χ4v) is 2.46. The Morgan fingerprint density at radius 2 is 1.93 bits per heavy atom. The van der Waals surface area contributed by atoms with Crippen molar-refractivity contribution >= 4 is 17.3 Å². The number of nitrogens with zero attached hydrogens (tertiary/aromatic N) is 3. The summed E-state index contributed by atoms with van der Waals surface area (Å²) in [5.74, 6) is -1.42. The first-order valence-electron chi connectivity index (χ1n) is 7.78.